The molecule has 0 saturated heterocycles. The fraction of sp³-hybridized carbons (Fsp3) is 0.308. The third-order valence-electron chi connectivity index (χ3n) is 15.4. The van der Waals surface area contributed by atoms with Crippen LogP contribution < -0.4 is 4.90 Å². The van der Waals surface area contributed by atoms with Crippen LogP contribution in [0.1, 0.15) is 93.2 Å². The number of nitrogens with zero attached hydrogens (tertiary/aromatic N) is 1. The topological polar surface area (TPSA) is 3.24 Å². The van der Waals surface area contributed by atoms with E-state index in [1.807, 2.05) is 0 Å². The highest BCUT2D eigenvalue weighted by molar-refractivity contribution is 5.91. The third kappa shape index (κ3) is 3.79. The minimum absolute atomic E-state index is 0.0715. The molecule has 260 valence electrons. The van der Waals surface area contributed by atoms with Gasteiger partial charge in [-0.15, -0.1) is 0 Å². The number of fused-ring (bicyclic) bond motifs is 9. The highest BCUT2D eigenvalue weighted by atomic mass is 15.1. The van der Waals surface area contributed by atoms with Gasteiger partial charge in [-0.3, -0.25) is 0 Å². The van der Waals surface area contributed by atoms with Crippen molar-refractivity contribution in [1.29, 1.82) is 0 Å². The lowest BCUT2D eigenvalue weighted by Crippen LogP contribution is -2.55. The highest BCUT2D eigenvalue weighted by Gasteiger charge is 2.61. The van der Waals surface area contributed by atoms with E-state index >= 15 is 0 Å². The monoisotopic (exact) mass is 685 g/mol. The molecule has 7 aliphatic carbocycles. The van der Waals surface area contributed by atoms with Gasteiger partial charge in [0.1, 0.15) is 0 Å². The molecule has 53 heavy (non-hydrogen) atoms. The first kappa shape index (κ1) is 30.6. The van der Waals surface area contributed by atoms with Gasteiger partial charge in [0, 0.05) is 33.3 Å². The van der Waals surface area contributed by atoms with E-state index in [4.69, 9.17) is 0 Å². The molecule has 0 heterocycles. The van der Waals surface area contributed by atoms with Crippen molar-refractivity contribution in [3.05, 3.63) is 161 Å². The fourth-order valence-electron chi connectivity index (χ4n) is 13.4. The quantitative estimate of drug-likeness (QED) is 0.179. The van der Waals surface area contributed by atoms with E-state index in [1.165, 1.54) is 105 Å². The van der Waals surface area contributed by atoms with E-state index in [0.29, 0.717) is 0 Å². The molecule has 0 N–H and O–H groups in total. The van der Waals surface area contributed by atoms with Crippen LogP contribution in [-0.2, 0) is 16.2 Å². The Kier molecular flexibility index (Phi) is 5.88. The zero-order chi connectivity index (χ0) is 35.4. The number of hydrogen-bond donors (Lipinski definition) is 0. The van der Waals surface area contributed by atoms with Gasteiger partial charge in [0.2, 0.25) is 0 Å². The first-order valence-electron chi connectivity index (χ1n) is 20.3. The Balaban J connectivity index is 1.07. The standard InChI is InChI=1S/C52H47N/c1-50(2)44-14-8-5-11-38(44)41-20-17-36(29-48(41)50)53(37-18-21-42-39-12-6-9-15-45(39)51(3,4)49(42)30-37)35-19-22-47-43(28-35)40-13-7-10-16-46(40)52(47)33-24-31-23-32(26-33)27-34(52)25-31/h5-22,28-34H,23-27H2,1-4H3. The first-order chi connectivity index (χ1) is 25.7. The van der Waals surface area contributed by atoms with Crippen LogP contribution in [-0.4, -0.2) is 0 Å². The molecule has 0 unspecified atom stereocenters. The summed E-state index contributed by atoms with van der Waals surface area (Å²) in [5, 5.41) is 0. The molecule has 4 saturated carbocycles. The van der Waals surface area contributed by atoms with Crippen LogP contribution in [0.2, 0.25) is 0 Å². The lowest BCUT2D eigenvalue weighted by atomic mass is 9.43. The smallest absolute Gasteiger partial charge is 0.0468 e. The van der Waals surface area contributed by atoms with Crippen LogP contribution in [0.3, 0.4) is 0 Å². The van der Waals surface area contributed by atoms with E-state index in [1.54, 1.807) is 11.1 Å². The predicted octanol–water partition coefficient (Wildman–Crippen LogP) is 13.5. The van der Waals surface area contributed by atoms with Gasteiger partial charge in [0.05, 0.1) is 0 Å². The Morgan fingerprint density at radius 1 is 0.377 bits per heavy atom. The average molecular weight is 686 g/mol. The Morgan fingerprint density at radius 2 is 0.774 bits per heavy atom. The van der Waals surface area contributed by atoms with Crippen LogP contribution in [0.25, 0.3) is 33.4 Å². The van der Waals surface area contributed by atoms with Crippen molar-refractivity contribution in [3.63, 3.8) is 0 Å². The predicted molar refractivity (Wildman–Crippen MR) is 220 cm³/mol. The second-order valence-corrected chi connectivity index (χ2v) is 18.6. The third-order valence-corrected chi connectivity index (χ3v) is 15.4. The van der Waals surface area contributed by atoms with Crippen molar-refractivity contribution < 1.29 is 0 Å². The molecule has 0 radical (unpaired) electrons. The molecule has 1 spiro atoms. The lowest BCUT2D eigenvalue weighted by Gasteiger charge is -2.61. The van der Waals surface area contributed by atoms with Crippen molar-refractivity contribution >= 4 is 17.1 Å². The van der Waals surface area contributed by atoms with Crippen LogP contribution in [0.15, 0.2) is 127 Å². The Labute approximate surface area is 314 Å². The van der Waals surface area contributed by atoms with Crippen molar-refractivity contribution in [2.24, 2.45) is 23.7 Å². The maximum atomic E-state index is 2.58. The molecule has 4 bridgehead atoms. The number of benzene rings is 6. The van der Waals surface area contributed by atoms with Crippen LogP contribution in [0.4, 0.5) is 17.1 Å². The molecule has 13 rings (SSSR count). The van der Waals surface area contributed by atoms with Gasteiger partial charge < -0.3 is 4.90 Å². The maximum Gasteiger partial charge on any atom is 0.0468 e. The number of hydrogen-bond acceptors (Lipinski definition) is 1. The average Bonchev–Trinajstić information content (AvgIpc) is 3.68. The molecule has 0 aromatic heterocycles. The Hall–Kier alpha value is -4.88. The molecular weight excluding hydrogens is 639 g/mol. The van der Waals surface area contributed by atoms with Crippen LogP contribution in [0.5, 0.6) is 0 Å². The Bertz CT molecular complexity index is 2410. The molecule has 6 aromatic rings. The van der Waals surface area contributed by atoms with Crippen LogP contribution in [0, 0.1) is 23.7 Å². The molecule has 1 nitrogen and oxygen atoms in total. The summed E-state index contributed by atoms with van der Waals surface area (Å²) in [4.78, 5) is 2.57. The summed E-state index contributed by atoms with van der Waals surface area (Å²) in [5.74, 6) is 3.42. The summed E-state index contributed by atoms with van der Waals surface area (Å²) < 4.78 is 0. The number of rotatable bonds is 3. The Morgan fingerprint density at radius 3 is 1.30 bits per heavy atom. The molecular formula is C52H47N. The van der Waals surface area contributed by atoms with Gasteiger partial charge in [0.15, 0.2) is 0 Å². The van der Waals surface area contributed by atoms with Gasteiger partial charge in [-0.2, -0.15) is 0 Å². The maximum absolute atomic E-state index is 2.58. The molecule has 0 aliphatic heterocycles. The summed E-state index contributed by atoms with van der Waals surface area (Å²) >= 11 is 0. The second-order valence-electron chi connectivity index (χ2n) is 18.6. The van der Waals surface area contributed by atoms with E-state index in [0.717, 1.165) is 23.7 Å². The molecule has 1 heteroatoms. The molecule has 4 fully saturated rings. The minimum Gasteiger partial charge on any atom is -0.310 e. The van der Waals surface area contributed by atoms with E-state index in [-0.39, 0.29) is 16.2 Å². The fourth-order valence-corrected chi connectivity index (χ4v) is 13.4. The van der Waals surface area contributed by atoms with Gasteiger partial charge >= 0.3 is 0 Å². The molecule has 7 aliphatic rings. The lowest BCUT2D eigenvalue weighted by molar-refractivity contribution is -0.0399. The number of anilines is 3. The zero-order valence-corrected chi connectivity index (χ0v) is 31.4. The summed E-state index contributed by atoms with van der Waals surface area (Å²) in [7, 11) is 0. The molecule has 0 amide bonds. The van der Waals surface area contributed by atoms with E-state index < -0.39 is 0 Å². The highest BCUT2D eigenvalue weighted by Crippen LogP contribution is 2.69. The molecule has 0 atom stereocenters. The summed E-state index contributed by atoms with van der Waals surface area (Å²) in [6.07, 6.45) is 7.13. The second kappa shape index (κ2) is 10.2. The van der Waals surface area contributed by atoms with Gasteiger partial charge in [-0.05, 0) is 159 Å². The summed E-state index contributed by atoms with van der Waals surface area (Å²) in [6, 6.07) is 49.8. The van der Waals surface area contributed by atoms with E-state index in [2.05, 4.69) is 160 Å². The summed E-state index contributed by atoms with van der Waals surface area (Å²) in [5.41, 5.74) is 21.1. The van der Waals surface area contributed by atoms with Crippen LogP contribution >= 0.6 is 0 Å². The summed E-state index contributed by atoms with van der Waals surface area (Å²) in [6.45, 7) is 9.60. The van der Waals surface area contributed by atoms with Gasteiger partial charge in [0.25, 0.3) is 0 Å². The largest absolute Gasteiger partial charge is 0.310 e. The SMILES string of the molecule is CC1(C)c2ccccc2-c2ccc(N(c3ccc4c(c3)-c3ccccc3C43C4CC5CC(C4)CC3C5)c3ccc4c(c3)C(C)(C)c3ccccc3-4)cc21. The van der Waals surface area contributed by atoms with Crippen molar-refractivity contribution in [1.82, 2.24) is 0 Å². The first-order valence-corrected chi connectivity index (χ1v) is 20.3. The van der Waals surface area contributed by atoms with Crippen molar-refractivity contribution in [3.8, 4) is 33.4 Å². The van der Waals surface area contributed by atoms with Crippen molar-refractivity contribution in [2.75, 3.05) is 4.90 Å². The minimum atomic E-state index is -0.0715. The normalized spacial score (nSPS) is 26.5. The molecule has 6 aromatic carbocycles. The van der Waals surface area contributed by atoms with Crippen molar-refractivity contribution in [2.45, 2.75) is 76.0 Å². The zero-order valence-electron chi connectivity index (χ0n) is 31.4. The van der Waals surface area contributed by atoms with E-state index in [9.17, 15) is 0 Å². The van der Waals surface area contributed by atoms with Gasteiger partial charge in [-0.25, -0.2) is 0 Å². The van der Waals surface area contributed by atoms with Gasteiger partial charge in [-0.1, -0.05) is 119 Å².